The summed E-state index contributed by atoms with van der Waals surface area (Å²) in [7, 11) is 0. The van der Waals surface area contributed by atoms with Crippen molar-refractivity contribution in [3.05, 3.63) is 41.7 Å². The van der Waals surface area contributed by atoms with E-state index in [0.29, 0.717) is 6.61 Å². The van der Waals surface area contributed by atoms with Gasteiger partial charge in [0, 0.05) is 6.54 Å². The largest absolute Gasteiger partial charge is 0.487 e. The van der Waals surface area contributed by atoms with E-state index >= 15 is 0 Å². The first-order valence-corrected chi connectivity index (χ1v) is 5.92. The average Bonchev–Trinajstić information content (AvgIpc) is 2.85. The van der Waals surface area contributed by atoms with Crippen LogP contribution in [-0.4, -0.2) is 15.0 Å². The van der Waals surface area contributed by atoms with E-state index in [1.807, 2.05) is 25.3 Å². The fourth-order valence-electron chi connectivity index (χ4n) is 1.54. The van der Waals surface area contributed by atoms with E-state index in [2.05, 4.69) is 29.4 Å². The van der Waals surface area contributed by atoms with Gasteiger partial charge in [-0.2, -0.15) is 0 Å². The first-order chi connectivity index (χ1) is 8.31. The predicted molar refractivity (Wildman–Crippen MR) is 65.8 cm³/mol. The molecule has 0 unspecified atom stereocenters. The minimum atomic E-state index is 0.464. The van der Waals surface area contributed by atoms with E-state index in [4.69, 9.17) is 4.74 Å². The van der Waals surface area contributed by atoms with Crippen molar-refractivity contribution in [3.63, 3.8) is 0 Å². The molecule has 2 rings (SSSR count). The second-order valence-corrected chi connectivity index (χ2v) is 3.85. The van der Waals surface area contributed by atoms with Gasteiger partial charge in [0.1, 0.15) is 18.1 Å². The topological polar surface area (TPSA) is 39.9 Å². The minimum absolute atomic E-state index is 0.464. The van der Waals surface area contributed by atoms with Gasteiger partial charge in [-0.15, -0.1) is 5.10 Å². The van der Waals surface area contributed by atoms with Crippen LogP contribution < -0.4 is 4.74 Å². The molecule has 0 saturated carbocycles. The molecule has 1 aromatic carbocycles. The first kappa shape index (κ1) is 11.6. The number of aromatic nitrogens is 3. The molecule has 0 amide bonds. The van der Waals surface area contributed by atoms with Gasteiger partial charge in [0.15, 0.2) is 0 Å². The van der Waals surface area contributed by atoms with E-state index < -0.39 is 0 Å². The maximum Gasteiger partial charge on any atom is 0.134 e. The molecule has 0 spiro atoms. The summed E-state index contributed by atoms with van der Waals surface area (Å²) in [5.74, 6) is 0.869. The fraction of sp³-hybridized carbons (Fsp3) is 0.385. The zero-order valence-electron chi connectivity index (χ0n) is 10.3. The van der Waals surface area contributed by atoms with Crippen LogP contribution in [0.2, 0.25) is 0 Å². The number of nitrogens with zero attached hydrogens (tertiary/aromatic N) is 3. The summed E-state index contributed by atoms with van der Waals surface area (Å²) in [5.41, 5.74) is 2.17. The molecule has 0 aliphatic heterocycles. The summed E-state index contributed by atoms with van der Waals surface area (Å²) in [4.78, 5) is 0. The molecule has 4 nitrogen and oxygen atoms in total. The Hall–Kier alpha value is -1.84. The Kier molecular flexibility index (Phi) is 3.75. The van der Waals surface area contributed by atoms with Crippen LogP contribution in [0.25, 0.3) is 0 Å². The Bertz CT molecular complexity index is 462. The van der Waals surface area contributed by atoms with Gasteiger partial charge in [0.25, 0.3) is 0 Å². The van der Waals surface area contributed by atoms with Gasteiger partial charge < -0.3 is 4.74 Å². The number of rotatable bonds is 5. The molecule has 0 N–H and O–H groups in total. The second-order valence-electron chi connectivity index (χ2n) is 3.85. The molecule has 0 aliphatic rings. The number of hydrogen-bond acceptors (Lipinski definition) is 3. The Balaban J connectivity index is 1.92. The Morgan fingerprint density at radius 1 is 1.18 bits per heavy atom. The molecule has 0 fully saturated rings. The van der Waals surface area contributed by atoms with Crippen molar-refractivity contribution in [1.82, 2.24) is 15.0 Å². The molecule has 0 radical (unpaired) electrons. The zero-order valence-corrected chi connectivity index (χ0v) is 10.3. The van der Waals surface area contributed by atoms with Crippen molar-refractivity contribution in [2.45, 2.75) is 33.4 Å². The van der Waals surface area contributed by atoms with Crippen LogP contribution in [0.3, 0.4) is 0 Å². The Morgan fingerprint density at radius 3 is 2.53 bits per heavy atom. The highest BCUT2D eigenvalue weighted by Gasteiger charge is 2.00. The van der Waals surface area contributed by atoms with Crippen molar-refractivity contribution >= 4 is 0 Å². The summed E-state index contributed by atoms with van der Waals surface area (Å²) in [6, 6.07) is 8.14. The lowest BCUT2D eigenvalue weighted by molar-refractivity contribution is 0.301. The molecule has 0 aliphatic carbocycles. The molecule has 4 heteroatoms. The van der Waals surface area contributed by atoms with Crippen LogP contribution in [-0.2, 0) is 19.6 Å². The van der Waals surface area contributed by atoms with Gasteiger partial charge in [-0.3, -0.25) is 4.68 Å². The molecular formula is C13H17N3O. The van der Waals surface area contributed by atoms with Crippen molar-refractivity contribution in [2.24, 2.45) is 0 Å². The second kappa shape index (κ2) is 5.48. The fourth-order valence-corrected chi connectivity index (χ4v) is 1.54. The van der Waals surface area contributed by atoms with Crippen LogP contribution in [0.1, 0.15) is 25.1 Å². The zero-order chi connectivity index (χ0) is 12.1. The molecule has 17 heavy (non-hydrogen) atoms. The highest BCUT2D eigenvalue weighted by molar-refractivity contribution is 5.27. The minimum Gasteiger partial charge on any atom is -0.487 e. The van der Waals surface area contributed by atoms with E-state index in [1.54, 1.807) is 4.68 Å². The Morgan fingerprint density at radius 2 is 1.94 bits per heavy atom. The van der Waals surface area contributed by atoms with Crippen molar-refractivity contribution in [1.29, 1.82) is 0 Å². The number of benzene rings is 1. The van der Waals surface area contributed by atoms with Gasteiger partial charge in [0.2, 0.25) is 0 Å². The van der Waals surface area contributed by atoms with E-state index in [9.17, 15) is 0 Å². The van der Waals surface area contributed by atoms with E-state index in [0.717, 1.165) is 24.4 Å². The highest BCUT2D eigenvalue weighted by Crippen LogP contribution is 2.13. The number of ether oxygens (including phenoxy) is 1. The number of hydrogen-bond donors (Lipinski definition) is 0. The van der Waals surface area contributed by atoms with Gasteiger partial charge in [-0.05, 0) is 31.0 Å². The smallest absolute Gasteiger partial charge is 0.134 e. The lowest BCUT2D eigenvalue weighted by Crippen LogP contribution is -1.96. The molecule has 2 aromatic rings. The summed E-state index contributed by atoms with van der Waals surface area (Å²) in [5, 5.41) is 7.98. The van der Waals surface area contributed by atoms with Crippen LogP contribution in [0.4, 0.5) is 0 Å². The van der Waals surface area contributed by atoms with Gasteiger partial charge in [0.05, 0.1) is 6.20 Å². The molecular weight excluding hydrogens is 214 g/mol. The van der Waals surface area contributed by atoms with Crippen molar-refractivity contribution in [2.75, 3.05) is 0 Å². The first-order valence-electron chi connectivity index (χ1n) is 5.92. The van der Waals surface area contributed by atoms with Crippen LogP contribution in [0.15, 0.2) is 30.5 Å². The third-order valence-electron chi connectivity index (χ3n) is 2.63. The number of aryl methyl sites for hydroxylation is 2. The van der Waals surface area contributed by atoms with Gasteiger partial charge >= 0.3 is 0 Å². The van der Waals surface area contributed by atoms with Crippen molar-refractivity contribution in [3.8, 4) is 5.75 Å². The maximum absolute atomic E-state index is 5.63. The molecule has 90 valence electrons. The average molecular weight is 231 g/mol. The van der Waals surface area contributed by atoms with Gasteiger partial charge in [-0.25, -0.2) is 0 Å². The quantitative estimate of drug-likeness (QED) is 0.793. The normalized spacial score (nSPS) is 10.5. The SMILES string of the molecule is CCc1ccc(OCc2cn(CC)nn2)cc1. The summed E-state index contributed by atoms with van der Waals surface area (Å²) < 4.78 is 7.42. The molecule has 1 heterocycles. The van der Waals surface area contributed by atoms with Gasteiger partial charge in [-0.1, -0.05) is 24.3 Å². The van der Waals surface area contributed by atoms with Crippen LogP contribution in [0.5, 0.6) is 5.75 Å². The van der Waals surface area contributed by atoms with E-state index in [-0.39, 0.29) is 0 Å². The lowest BCUT2D eigenvalue weighted by Gasteiger charge is -2.04. The molecule has 1 aromatic heterocycles. The van der Waals surface area contributed by atoms with Crippen LogP contribution in [0, 0.1) is 0 Å². The summed E-state index contributed by atoms with van der Waals surface area (Å²) in [6.45, 7) is 5.46. The monoisotopic (exact) mass is 231 g/mol. The predicted octanol–water partition coefficient (Wildman–Crippen LogP) is 2.44. The Labute approximate surface area is 101 Å². The third kappa shape index (κ3) is 3.06. The standard InChI is InChI=1S/C13H17N3O/c1-3-11-5-7-13(8-6-11)17-10-12-9-16(4-2)15-14-12/h5-9H,3-4,10H2,1-2H3. The maximum atomic E-state index is 5.63. The summed E-state index contributed by atoms with van der Waals surface area (Å²) in [6.07, 6.45) is 2.95. The lowest BCUT2D eigenvalue weighted by atomic mass is 10.2. The van der Waals surface area contributed by atoms with E-state index in [1.165, 1.54) is 5.56 Å². The third-order valence-corrected chi connectivity index (χ3v) is 2.63. The van der Waals surface area contributed by atoms with Crippen molar-refractivity contribution < 1.29 is 4.74 Å². The van der Waals surface area contributed by atoms with Crippen LogP contribution >= 0.6 is 0 Å². The molecule has 0 atom stereocenters. The molecule has 0 bridgehead atoms. The highest BCUT2D eigenvalue weighted by atomic mass is 16.5. The molecule has 0 saturated heterocycles. The summed E-state index contributed by atoms with van der Waals surface area (Å²) >= 11 is 0.